The molecule has 104 valence electrons. The number of aryl methyl sites for hydroxylation is 1. The van der Waals surface area contributed by atoms with Gasteiger partial charge < -0.3 is 15.4 Å². The normalized spacial score (nSPS) is 9.95. The van der Waals surface area contributed by atoms with E-state index in [-0.39, 0.29) is 0 Å². The van der Waals surface area contributed by atoms with Crippen molar-refractivity contribution in [2.45, 2.75) is 6.92 Å². The Hall–Kier alpha value is -2.27. The standard InChI is InChI=1S/C14H14ClN3O2/c1-9-3-5-11(8-16-9)17-14(19)18-12-7-10(15)4-6-13(12)20-2/h3-8H,1-2H3,(H2,17,18,19). The predicted octanol–water partition coefficient (Wildman–Crippen LogP) is 3.70. The third kappa shape index (κ3) is 3.61. The number of ether oxygens (including phenoxy) is 1. The molecule has 0 aliphatic rings. The van der Waals surface area contributed by atoms with Crippen molar-refractivity contribution in [2.24, 2.45) is 0 Å². The van der Waals surface area contributed by atoms with Crippen LogP contribution in [0.2, 0.25) is 5.02 Å². The van der Waals surface area contributed by atoms with Crippen LogP contribution in [0.4, 0.5) is 16.2 Å². The topological polar surface area (TPSA) is 63.2 Å². The highest BCUT2D eigenvalue weighted by Crippen LogP contribution is 2.27. The molecule has 0 atom stereocenters. The van der Waals surface area contributed by atoms with Crippen molar-refractivity contribution in [1.29, 1.82) is 0 Å². The van der Waals surface area contributed by atoms with Gasteiger partial charge in [-0.25, -0.2) is 4.79 Å². The molecule has 1 aromatic carbocycles. The Labute approximate surface area is 121 Å². The van der Waals surface area contributed by atoms with Crippen LogP contribution in [0.5, 0.6) is 5.75 Å². The average Bonchev–Trinajstić information content (AvgIpc) is 2.41. The smallest absolute Gasteiger partial charge is 0.323 e. The summed E-state index contributed by atoms with van der Waals surface area (Å²) < 4.78 is 5.15. The molecule has 0 spiro atoms. The van der Waals surface area contributed by atoms with Gasteiger partial charge in [0.2, 0.25) is 0 Å². The molecule has 1 aromatic heterocycles. The Morgan fingerprint density at radius 3 is 2.70 bits per heavy atom. The van der Waals surface area contributed by atoms with E-state index in [1.807, 2.05) is 13.0 Å². The summed E-state index contributed by atoms with van der Waals surface area (Å²) in [6.45, 7) is 1.88. The monoisotopic (exact) mass is 291 g/mol. The van der Waals surface area contributed by atoms with E-state index in [1.54, 1.807) is 30.5 Å². The minimum absolute atomic E-state index is 0.392. The van der Waals surface area contributed by atoms with Gasteiger partial charge in [-0.3, -0.25) is 4.98 Å². The van der Waals surface area contributed by atoms with E-state index >= 15 is 0 Å². The molecule has 5 nitrogen and oxygen atoms in total. The molecule has 0 unspecified atom stereocenters. The van der Waals surface area contributed by atoms with Gasteiger partial charge in [0.1, 0.15) is 5.75 Å². The summed E-state index contributed by atoms with van der Waals surface area (Å²) in [6.07, 6.45) is 1.59. The number of pyridine rings is 1. The first-order valence-electron chi connectivity index (χ1n) is 5.92. The number of nitrogens with one attached hydrogen (secondary N) is 2. The largest absolute Gasteiger partial charge is 0.495 e. The molecular formula is C14H14ClN3O2. The van der Waals surface area contributed by atoms with E-state index < -0.39 is 6.03 Å². The molecule has 0 aliphatic carbocycles. The fourth-order valence-electron chi connectivity index (χ4n) is 1.60. The molecule has 0 fully saturated rings. The van der Waals surface area contributed by atoms with Crippen molar-refractivity contribution in [2.75, 3.05) is 17.7 Å². The third-order valence-electron chi connectivity index (χ3n) is 2.58. The van der Waals surface area contributed by atoms with Crippen LogP contribution in [0.3, 0.4) is 0 Å². The first kappa shape index (κ1) is 14.1. The Morgan fingerprint density at radius 2 is 2.05 bits per heavy atom. The highest BCUT2D eigenvalue weighted by molar-refractivity contribution is 6.31. The summed E-state index contributed by atoms with van der Waals surface area (Å²) in [5.41, 5.74) is 1.99. The van der Waals surface area contributed by atoms with Gasteiger partial charge in [0.25, 0.3) is 0 Å². The zero-order chi connectivity index (χ0) is 14.5. The average molecular weight is 292 g/mol. The minimum Gasteiger partial charge on any atom is -0.495 e. The molecule has 0 saturated carbocycles. The second-order valence-electron chi connectivity index (χ2n) is 4.11. The van der Waals surface area contributed by atoms with Crippen molar-refractivity contribution in [1.82, 2.24) is 4.98 Å². The van der Waals surface area contributed by atoms with E-state index in [9.17, 15) is 4.79 Å². The van der Waals surface area contributed by atoms with Gasteiger partial charge >= 0.3 is 6.03 Å². The van der Waals surface area contributed by atoms with Crippen LogP contribution < -0.4 is 15.4 Å². The Kier molecular flexibility index (Phi) is 4.42. The summed E-state index contributed by atoms with van der Waals surface area (Å²) in [6, 6.07) is 8.19. The molecule has 0 bridgehead atoms. The maximum Gasteiger partial charge on any atom is 0.323 e. The van der Waals surface area contributed by atoms with E-state index in [0.29, 0.717) is 22.1 Å². The number of rotatable bonds is 3. The second-order valence-corrected chi connectivity index (χ2v) is 4.55. The van der Waals surface area contributed by atoms with Crippen molar-refractivity contribution < 1.29 is 9.53 Å². The Balaban J connectivity index is 2.08. The highest BCUT2D eigenvalue weighted by Gasteiger charge is 2.08. The number of aromatic nitrogens is 1. The van der Waals surface area contributed by atoms with Crippen LogP contribution in [0.25, 0.3) is 0 Å². The molecule has 2 rings (SSSR count). The van der Waals surface area contributed by atoms with Crippen LogP contribution in [0.1, 0.15) is 5.69 Å². The van der Waals surface area contributed by atoms with Crippen molar-refractivity contribution in [3.05, 3.63) is 47.2 Å². The number of urea groups is 1. The zero-order valence-corrected chi connectivity index (χ0v) is 11.9. The van der Waals surface area contributed by atoms with E-state index in [2.05, 4.69) is 15.6 Å². The van der Waals surface area contributed by atoms with E-state index in [0.717, 1.165) is 5.69 Å². The molecule has 6 heteroatoms. The quantitative estimate of drug-likeness (QED) is 0.906. The molecule has 2 amide bonds. The molecule has 2 N–H and O–H groups in total. The molecular weight excluding hydrogens is 278 g/mol. The molecule has 0 aliphatic heterocycles. The minimum atomic E-state index is -0.392. The lowest BCUT2D eigenvalue weighted by Crippen LogP contribution is -2.19. The third-order valence-corrected chi connectivity index (χ3v) is 2.81. The Morgan fingerprint density at radius 1 is 1.25 bits per heavy atom. The molecule has 0 radical (unpaired) electrons. The number of amides is 2. The lowest BCUT2D eigenvalue weighted by Gasteiger charge is -2.11. The van der Waals surface area contributed by atoms with E-state index in [1.165, 1.54) is 7.11 Å². The molecule has 2 aromatic rings. The van der Waals surface area contributed by atoms with Gasteiger partial charge in [-0.05, 0) is 37.3 Å². The van der Waals surface area contributed by atoms with Crippen LogP contribution in [-0.4, -0.2) is 18.1 Å². The van der Waals surface area contributed by atoms with Gasteiger partial charge in [0, 0.05) is 10.7 Å². The van der Waals surface area contributed by atoms with E-state index in [4.69, 9.17) is 16.3 Å². The van der Waals surface area contributed by atoms with Gasteiger partial charge in [-0.1, -0.05) is 11.6 Å². The number of carbonyl (C=O) groups is 1. The van der Waals surface area contributed by atoms with Crippen LogP contribution in [0.15, 0.2) is 36.5 Å². The second kappa shape index (κ2) is 6.25. The van der Waals surface area contributed by atoms with Crippen LogP contribution in [0, 0.1) is 6.92 Å². The maximum absolute atomic E-state index is 11.9. The Bertz CT molecular complexity index is 614. The van der Waals surface area contributed by atoms with Gasteiger partial charge in [0.15, 0.2) is 0 Å². The SMILES string of the molecule is COc1ccc(Cl)cc1NC(=O)Nc1ccc(C)nc1. The number of halogens is 1. The first-order valence-corrected chi connectivity index (χ1v) is 6.30. The number of benzene rings is 1. The fourth-order valence-corrected chi connectivity index (χ4v) is 1.78. The number of methoxy groups -OCH3 is 1. The number of hydrogen-bond acceptors (Lipinski definition) is 3. The predicted molar refractivity (Wildman–Crippen MR) is 79.6 cm³/mol. The van der Waals surface area contributed by atoms with Crippen LogP contribution >= 0.6 is 11.6 Å². The number of carbonyl (C=O) groups excluding carboxylic acids is 1. The first-order chi connectivity index (χ1) is 9.58. The van der Waals surface area contributed by atoms with Crippen LogP contribution in [-0.2, 0) is 0 Å². The van der Waals surface area contributed by atoms with Crippen molar-refractivity contribution >= 4 is 29.0 Å². The molecule has 0 saturated heterocycles. The lowest BCUT2D eigenvalue weighted by atomic mass is 10.3. The summed E-state index contributed by atoms with van der Waals surface area (Å²) in [5.74, 6) is 0.534. The fraction of sp³-hybridized carbons (Fsp3) is 0.143. The number of nitrogens with zero attached hydrogens (tertiary/aromatic N) is 1. The van der Waals surface area contributed by atoms with Crippen molar-refractivity contribution in [3.63, 3.8) is 0 Å². The highest BCUT2D eigenvalue weighted by atomic mass is 35.5. The maximum atomic E-state index is 11.9. The van der Waals surface area contributed by atoms with Gasteiger partial charge in [0.05, 0.1) is 24.7 Å². The molecule has 20 heavy (non-hydrogen) atoms. The lowest BCUT2D eigenvalue weighted by molar-refractivity contribution is 0.262. The summed E-state index contributed by atoms with van der Waals surface area (Å²) in [4.78, 5) is 16.0. The van der Waals surface area contributed by atoms with Gasteiger partial charge in [-0.15, -0.1) is 0 Å². The number of anilines is 2. The molecule has 1 heterocycles. The summed E-state index contributed by atoms with van der Waals surface area (Å²) in [7, 11) is 1.52. The van der Waals surface area contributed by atoms with Gasteiger partial charge in [-0.2, -0.15) is 0 Å². The number of hydrogen-bond donors (Lipinski definition) is 2. The zero-order valence-electron chi connectivity index (χ0n) is 11.1. The summed E-state index contributed by atoms with van der Waals surface area (Å²) in [5, 5.41) is 5.87. The summed E-state index contributed by atoms with van der Waals surface area (Å²) >= 11 is 5.90. The van der Waals surface area contributed by atoms with Crippen molar-refractivity contribution in [3.8, 4) is 5.75 Å².